The first-order chi connectivity index (χ1) is 15.2. The number of Topliss-reactive ketones (excluding diaryl/α,β-unsaturated/α-hetero) is 1. The van der Waals surface area contributed by atoms with Gasteiger partial charge in [0.05, 0.1) is 5.57 Å². The number of benzene rings is 1. The summed E-state index contributed by atoms with van der Waals surface area (Å²) in [4.78, 5) is 28.9. The summed E-state index contributed by atoms with van der Waals surface area (Å²) in [6.07, 6.45) is 6.53. The third-order valence-electron chi connectivity index (χ3n) is 7.03. The van der Waals surface area contributed by atoms with Crippen LogP contribution in [0, 0.1) is 5.41 Å². The maximum atomic E-state index is 13.5. The molecule has 5 nitrogen and oxygen atoms in total. The van der Waals surface area contributed by atoms with Crippen molar-refractivity contribution in [1.82, 2.24) is 5.32 Å². The topological polar surface area (TPSA) is 58.6 Å². The predicted molar refractivity (Wildman–Crippen MR) is 127 cm³/mol. The smallest absolute Gasteiger partial charge is 0.337 e. The number of hydrogen-bond donors (Lipinski definition) is 1. The number of carbonyl (C=O) groups excluding carboxylic acids is 2. The molecule has 3 aliphatic rings. The standard InChI is InChI=1S/C27H36N2O3/c1-17-23(26(31)32-20-9-7-6-8-10-20)24(18-11-13-19(14-12-18)29(4)5)25-21(28-17)15-27(2,3)16-22(25)30/h11-14,20,24,28H,6-10,15-16H2,1-5H3. The van der Waals surface area contributed by atoms with E-state index in [9.17, 15) is 9.59 Å². The van der Waals surface area contributed by atoms with Gasteiger partial charge in [0, 0.05) is 49.1 Å². The highest BCUT2D eigenvalue weighted by Gasteiger charge is 2.43. The van der Waals surface area contributed by atoms with E-state index in [4.69, 9.17) is 4.74 Å². The van der Waals surface area contributed by atoms with Gasteiger partial charge in [-0.2, -0.15) is 0 Å². The number of ether oxygens (including phenoxy) is 1. The average molecular weight is 437 g/mol. The molecule has 32 heavy (non-hydrogen) atoms. The molecular weight excluding hydrogens is 400 g/mol. The lowest BCUT2D eigenvalue weighted by Crippen LogP contribution is -2.39. The van der Waals surface area contributed by atoms with E-state index in [0.717, 1.165) is 60.3 Å². The highest BCUT2D eigenvalue weighted by atomic mass is 16.5. The van der Waals surface area contributed by atoms with Crippen molar-refractivity contribution < 1.29 is 14.3 Å². The normalized spacial score (nSPS) is 23.5. The fraction of sp³-hybridized carbons (Fsp3) is 0.556. The number of carbonyl (C=O) groups is 2. The average Bonchev–Trinajstić information content (AvgIpc) is 2.72. The van der Waals surface area contributed by atoms with Gasteiger partial charge in [0.1, 0.15) is 6.10 Å². The molecule has 1 N–H and O–H groups in total. The maximum Gasteiger partial charge on any atom is 0.337 e. The fourth-order valence-corrected chi connectivity index (χ4v) is 5.40. The lowest BCUT2D eigenvalue weighted by Gasteiger charge is -2.39. The van der Waals surface area contributed by atoms with Gasteiger partial charge in [-0.1, -0.05) is 32.4 Å². The molecule has 0 radical (unpaired) electrons. The lowest BCUT2D eigenvalue weighted by atomic mass is 9.68. The van der Waals surface area contributed by atoms with Crippen LogP contribution in [-0.4, -0.2) is 32.0 Å². The Bertz CT molecular complexity index is 963. The zero-order valence-corrected chi connectivity index (χ0v) is 20.1. The molecule has 5 heteroatoms. The Morgan fingerprint density at radius 2 is 1.72 bits per heavy atom. The van der Waals surface area contributed by atoms with Gasteiger partial charge in [0.2, 0.25) is 0 Å². The molecule has 2 aliphatic carbocycles. The second-order valence-electron chi connectivity index (χ2n) is 10.6. The minimum Gasteiger partial charge on any atom is -0.459 e. The van der Waals surface area contributed by atoms with Crippen LogP contribution in [0.25, 0.3) is 0 Å². The van der Waals surface area contributed by atoms with E-state index < -0.39 is 0 Å². The quantitative estimate of drug-likeness (QED) is 0.655. The summed E-state index contributed by atoms with van der Waals surface area (Å²) in [5, 5.41) is 3.43. The van der Waals surface area contributed by atoms with Gasteiger partial charge >= 0.3 is 5.97 Å². The van der Waals surface area contributed by atoms with Crippen molar-refractivity contribution in [2.24, 2.45) is 5.41 Å². The van der Waals surface area contributed by atoms with Gasteiger partial charge in [0.15, 0.2) is 5.78 Å². The number of dihydropyridines is 1. The van der Waals surface area contributed by atoms with Crippen LogP contribution in [0.2, 0.25) is 0 Å². The van der Waals surface area contributed by atoms with Gasteiger partial charge in [-0.3, -0.25) is 4.79 Å². The number of hydrogen-bond acceptors (Lipinski definition) is 5. The Morgan fingerprint density at radius 1 is 1.06 bits per heavy atom. The summed E-state index contributed by atoms with van der Waals surface area (Å²) in [6.45, 7) is 6.20. The summed E-state index contributed by atoms with van der Waals surface area (Å²) in [6, 6.07) is 8.19. The molecule has 0 aromatic heterocycles. The van der Waals surface area contributed by atoms with Crippen LogP contribution in [0.5, 0.6) is 0 Å². The number of nitrogens with zero attached hydrogens (tertiary/aromatic N) is 1. The van der Waals surface area contributed by atoms with E-state index in [1.807, 2.05) is 50.2 Å². The molecule has 1 aromatic carbocycles. The number of nitrogens with one attached hydrogen (secondary N) is 1. The van der Waals surface area contributed by atoms with E-state index in [1.165, 1.54) is 6.42 Å². The Kier molecular flexibility index (Phi) is 6.19. The molecule has 1 aliphatic heterocycles. The Morgan fingerprint density at radius 3 is 2.34 bits per heavy atom. The van der Waals surface area contributed by atoms with Crippen molar-refractivity contribution in [3.05, 3.63) is 52.4 Å². The molecule has 0 amide bonds. The first-order valence-corrected chi connectivity index (χ1v) is 11.9. The number of esters is 1. The van der Waals surface area contributed by atoms with Crippen LogP contribution < -0.4 is 10.2 Å². The van der Waals surface area contributed by atoms with Gasteiger partial charge in [-0.25, -0.2) is 4.79 Å². The van der Waals surface area contributed by atoms with E-state index >= 15 is 0 Å². The van der Waals surface area contributed by atoms with Crippen LogP contribution in [0.4, 0.5) is 5.69 Å². The molecule has 1 aromatic rings. The van der Waals surface area contributed by atoms with Crippen molar-refractivity contribution in [1.29, 1.82) is 0 Å². The molecule has 1 atom stereocenters. The van der Waals surface area contributed by atoms with Crippen molar-refractivity contribution >= 4 is 17.4 Å². The van der Waals surface area contributed by atoms with E-state index in [1.54, 1.807) is 0 Å². The largest absolute Gasteiger partial charge is 0.459 e. The number of rotatable bonds is 4. The first kappa shape index (κ1) is 22.6. The van der Waals surface area contributed by atoms with Crippen molar-refractivity contribution in [3.63, 3.8) is 0 Å². The SMILES string of the molecule is CC1=C(C(=O)OC2CCCCC2)C(c2ccc(N(C)C)cc2)C2=C(CC(C)(C)CC2=O)N1. The van der Waals surface area contributed by atoms with E-state index in [-0.39, 0.29) is 29.2 Å². The number of allylic oxidation sites excluding steroid dienone is 3. The highest BCUT2D eigenvalue weighted by Crippen LogP contribution is 2.47. The molecule has 172 valence electrons. The zero-order valence-electron chi connectivity index (χ0n) is 20.1. The van der Waals surface area contributed by atoms with Crippen LogP contribution in [0.1, 0.15) is 77.2 Å². The molecular formula is C27H36N2O3. The van der Waals surface area contributed by atoms with Gasteiger partial charge < -0.3 is 15.0 Å². The molecule has 0 saturated heterocycles. The molecule has 4 rings (SSSR count). The summed E-state index contributed by atoms with van der Waals surface area (Å²) in [5.74, 6) is -0.546. The van der Waals surface area contributed by atoms with Crippen LogP contribution in [-0.2, 0) is 14.3 Å². The first-order valence-electron chi connectivity index (χ1n) is 11.9. The van der Waals surface area contributed by atoms with Crippen molar-refractivity contribution in [2.75, 3.05) is 19.0 Å². The van der Waals surface area contributed by atoms with Crippen molar-refractivity contribution in [2.45, 2.75) is 77.7 Å². The summed E-state index contributed by atoms with van der Waals surface area (Å²) >= 11 is 0. The molecule has 1 fully saturated rings. The molecule has 1 saturated carbocycles. The van der Waals surface area contributed by atoms with Crippen LogP contribution in [0.3, 0.4) is 0 Å². The fourth-order valence-electron chi connectivity index (χ4n) is 5.40. The Hall–Kier alpha value is -2.56. The summed E-state index contributed by atoms with van der Waals surface area (Å²) < 4.78 is 5.99. The second kappa shape index (κ2) is 8.76. The Labute approximate surface area is 191 Å². The van der Waals surface area contributed by atoms with Crippen LogP contribution >= 0.6 is 0 Å². The van der Waals surface area contributed by atoms with Crippen LogP contribution in [0.15, 0.2) is 46.8 Å². The van der Waals surface area contributed by atoms with E-state index in [2.05, 4.69) is 19.2 Å². The monoisotopic (exact) mass is 436 g/mol. The van der Waals surface area contributed by atoms with Gasteiger partial charge in [-0.05, 0) is 62.1 Å². The third kappa shape index (κ3) is 4.48. The minimum absolute atomic E-state index is 0.0234. The molecule has 0 spiro atoms. The number of ketones is 1. The third-order valence-corrected chi connectivity index (χ3v) is 7.03. The molecule has 0 bridgehead atoms. The second-order valence-corrected chi connectivity index (χ2v) is 10.6. The van der Waals surface area contributed by atoms with Gasteiger partial charge in [0.25, 0.3) is 0 Å². The van der Waals surface area contributed by atoms with E-state index in [0.29, 0.717) is 12.0 Å². The Balaban J connectivity index is 1.75. The minimum atomic E-state index is -0.387. The summed E-state index contributed by atoms with van der Waals surface area (Å²) in [5.41, 5.74) is 5.04. The lowest BCUT2D eigenvalue weighted by molar-refractivity contribution is -0.146. The summed E-state index contributed by atoms with van der Waals surface area (Å²) in [7, 11) is 4.01. The maximum absolute atomic E-state index is 13.5. The van der Waals surface area contributed by atoms with Crippen molar-refractivity contribution in [3.8, 4) is 0 Å². The molecule has 1 unspecified atom stereocenters. The molecule has 1 heterocycles. The highest BCUT2D eigenvalue weighted by molar-refractivity contribution is 6.04. The predicted octanol–water partition coefficient (Wildman–Crippen LogP) is 5.23. The van der Waals surface area contributed by atoms with Gasteiger partial charge in [-0.15, -0.1) is 0 Å². The number of anilines is 1. The zero-order chi connectivity index (χ0) is 23.0.